The van der Waals surface area contributed by atoms with Gasteiger partial charge in [-0.1, -0.05) is 18.2 Å². The molecule has 120 valence electrons. The topological polar surface area (TPSA) is 40.5 Å². The molecule has 0 saturated carbocycles. The standard InChI is InChI=1S/C13H14F6O2/c1-8-7-10(5-4-9(8)3-2-6-20)11(21,12(14,15)16)13(17,18)19/h4-5,7,20-21H,2-3,6H2,1H3. The maximum atomic E-state index is 12.7. The zero-order chi connectivity index (χ0) is 16.5. The lowest BCUT2D eigenvalue weighted by Crippen LogP contribution is -2.53. The van der Waals surface area contributed by atoms with E-state index in [1.54, 1.807) is 0 Å². The van der Waals surface area contributed by atoms with Crippen LogP contribution in [0.3, 0.4) is 0 Å². The molecule has 0 radical (unpaired) electrons. The van der Waals surface area contributed by atoms with Gasteiger partial charge in [0.2, 0.25) is 0 Å². The van der Waals surface area contributed by atoms with Crippen molar-refractivity contribution in [2.75, 3.05) is 6.61 Å². The van der Waals surface area contributed by atoms with Gasteiger partial charge in [0, 0.05) is 12.2 Å². The van der Waals surface area contributed by atoms with Crippen LogP contribution in [-0.4, -0.2) is 29.2 Å². The minimum Gasteiger partial charge on any atom is -0.396 e. The highest BCUT2D eigenvalue weighted by Crippen LogP contribution is 2.50. The van der Waals surface area contributed by atoms with E-state index in [4.69, 9.17) is 5.11 Å². The summed E-state index contributed by atoms with van der Waals surface area (Å²) >= 11 is 0. The van der Waals surface area contributed by atoms with Gasteiger partial charge in [-0.3, -0.25) is 0 Å². The van der Waals surface area contributed by atoms with Gasteiger partial charge in [0.25, 0.3) is 5.60 Å². The lowest BCUT2D eigenvalue weighted by Gasteiger charge is -2.33. The first-order valence-electron chi connectivity index (χ1n) is 6.02. The predicted molar refractivity (Wildman–Crippen MR) is 62.6 cm³/mol. The van der Waals surface area contributed by atoms with E-state index in [2.05, 4.69) is 0 Å². The fraction of sp³-hybridized carbons (Fsp3) is 0.538. The molecule has 1 aromatic carbocycles. The van der Waals surface area contributed by atoms with Crippen LogP contribution in [-0.2, 0) is 12.0 Å². The lowest BCUT2D eigenvalue weighted by molar-refractivity contribution is -0.376. The maximum absolute atomic E-state index is 12.7. The molecule has 0 aliphatic rings. The van der Waals surface area contributed by atoms with Crippen LogP contribution >= 0.6 is 0 Å². The van der Waals surface area contributed by atoms with Crippen LogP contribution in [0.2, 0.25) is 0 Å². The molecule has 21 heavy (non-hydrogen) atoms. The molecule has 0 atom stereocenters. The normalized spacial score (nSPS) is 13.6. The smallest absolute Gasteiger partial charge is 0.396 e. The van der Waals surface area contributed by atoms with Crippen LogP contribution < -0.4 is 0 Å². The SMILES string of the molecule is Cc1cc(C(O)(C(F)(F)F)C(F)(F)F)ccc1CCCO. The molecule has 2 nitrogen and oxygen atoms in total. The van der Waals surface area contributed by atoms with Crippen molar-refractivity contribution in [2.24, 2.45) is 0 Å². The van der Waals surface area contributed by atoms with Crippen molar-refractivity contribution in [2.45, 2.75) is 37.7 Å². The van der Waals surface area contributed by atoms with Crippen molar-refractivity contribution in [3.05, 3.63) is 34.9 Å². The Labute approximate surface area is 117 Å². The minimum atomic E-state index is -5.88. The third-order valence-corrected chi connectivity index (χ3v) is 3.19. The van der Waals surface area contributed by atoms with E-state index in [0.717, 1.165) is 6.07 Å². The monoisotopic (exact) mass is 316 g/mol. The van der Waals surface area contributed by atoms with Crippen molar-refractivity contribution in [3.8, 4) is 0 Å². The van der Waals surface area contributed by atoms with Gasteiger partial charge in [-0.2, -0.15) is 26.3 Å². The summed E-state index contributed by atoms with van der Waals surface area (Å²) in [6, 6.07) is 2.39. The molecule has 0 saturated heterocycles. The van der Waals surface area contributed by atoms with Gasteiger partial charge in [-0.15, -0.1) is 0 Å². The molecule has 1 rings (SSSR count). The first kappa shape index (κ1) is 17.8. The van der Waals surface area contributed by atoms with Gasteiger partial charge < -0.3 is 10.2 Å². The third-order valence-electron chi connectivity index (χ3n) is 3.19. The number of alkyl halides is 6. The first-order valence-corrected chi connectivity index (χ1v) is 6.02. The first-order chi connectivity index (χ1) is 9.45. The van der Waals surface area contributed by atoms with Crippen LogP contribution in [0, 0.1) is 6.92 Å². The number of benzene rings is 1. The van der Waals surface area contributed by atoms with Crippen LogP contribution in [0.25, 0.3) is 0 Å². The number of hydrogen-bond acceptors (Lipinski definition) is 2. The summed E-state index contributed by atoms with van der Waals surface area (Å²) < 4.78 is 76.3. The Balaban J connectivity index is 3.32. The van der Waals surface area contributed by atoms with Crippen molar-refractivity contribution in [1.29, 1.82) is 0 Å². The van der Waals surface area contributed by atoms with E-state index in [1.165, 1.54) is 6.92 Å². The summed E-state index contributed by atoms with van der Waals surface area (Å²) in [6.07, 6.45) is -11.1. The number of hydrogen-bond donors (Lipinski definition) is 2. The van der Waals surface area contributed by atoms with E-state index in [1.807, 2.05) is 0 Å². The summed E-state index contributed by atoms with van der Waals surface area (Å²) in [5.41, 5.74) is -5.47. The molecular weight excluding hydrogens is 302 g/mol. The largest absolute Gasteiger partial charge is 0.430 e. The van der Waals surface area contributed by atoms with Gasteiger partial charge in [-0.25, -0.2) is 0 Å². The van der Waals surface area contributed by atoms with Crippen LogP contribution in [0.4, 0.5) is 26.3 Å². The Kier molecular flexibility index (Phi) is 4.94. The Bertz CT molecular complexity index is 478. The Hall–Kier alpha value is -1.28. The van der Waals surface area contributed by atoms with Gasteiger partial charge >= 0.3 is 12.4 Å². The highest BCUT2D eigenvalue weighted by molar-refractivity contribution is 5.36. The van der Waals surface area contributed by atoms with E-state index in [9.17, 15) is 31.4 Å². The molecule has 0 amide bonds. The number of rotatable bonds is 4. The molecule has 2 N–H and O–H groups in total. The summed E-state index contributed by atoms with van der Waals surface area (Å²) in [5, 5.41) is 17.9. The average Bonchev–Trinajstić information content (AvgIpc) is 2.33. The van der Waals surface area contributed by atoms with Crippen LogP contribution in [0.1, 0.15) is 23.1 Å². The number of halogens is 6. The summed E-state index contributed by atoms with van der Waals surface area (Å²) in [6.45, 7) is 1.21. The fourth-order valence-corrected chi connectivity index (χ4v) is 1.96. The number of aliphatic hydroxyl groups excluding tert-OH is 1. The Morgan fingerprint density at radius 3 is 1.90 bits per heavy atom. The molecule has 0 spiro atoms. The zero-order valence-corrected chi connectivity index (χ0v) is 11.0. The second-order valence-corrected chi connectivity index (χ2v) is 4.67. The second-order valence-electron chi connectivity index (χ2n) is 4.67. The third kappa shape index (κ3) is 3.32. The van der Waals surface area contributed by atoms with E-state index in [0.29, 0.717) is 30.5 Å². The van der Waals surface area contributed by atoms with Gasteiger partial charge in [0.15, 0.2) is 0 Å². The van der Waals surface area contributed by atoms with E-state index < -0.39 is 23.5 Å². The highest BCUT2D eigenvalue weighted by Gasteiger charge is 2.71. The molecule has 0 heterocycles. The summed E-state index contributed by atoms with van der Waals surface area (Å²) in [7, 11) is 0. The molecule has 0 aromatic heterocycles. The number of aliphatic hydroxyl groups is 2. The van der Waals surface area contributed by atoms with Gasteiger partial charge in [0.1, 0.15) is 0 Å². The van der Waals surface area contributed by atoms with E-state index in [-0.39, 0.29) is 12.2 Å². The van der Waals surface area contributed by atoms with Crippen molar-refractivity contribution in [3.63, 3.8) is 0 Å². The quantitative estimate of drug-likeness (QED) is 0.837. The van der Waals surface area contributed by atoms with Crippen LogP contribution in [0.15, 0.2) is 18.2 Å². The van der Waals surface area contributed by atoms with Crippen LogP contribution in [0.5, 0.6) is 0 Å². The molecule has 8 heteroatoms. The van der Waals surface area contributed by atoms with Crippen molar-refractivity contribution >= 4 is 0 Å². The lowest BCUT2D eigenvalue weighted by atomic mass is 9.89. The Morgan fingerprint density at radius 1 is 1.00 bits per heavy atom. The molecule has 0 aliphatic heterocycles. The Morgan fingerprint density at radius 2 is 1.52 bits per heavy atom. The number of aryl methyl sites for hydroxylation is 2. The molecular formula is C13H14F6O2. The highest BCUT2D eigenvalue weighted by atomic mass is 19.4. The van der Waals surface area contributed by atoms with E-state index >= 15 is 0 Å². The molecule has 0 aliphatic carbocycles. The molecule has 0 unspecified atom stereocenters. The molecule has 1 aromatic rings. The van der Waals surface area contributed by atoms with Gasteiger partial charge in [0.05, 0.1) is 0 Å². The second kappa shape index (κ2) is 5.84. The van der Waals surface area contributed by atoms with Gasteiger partial charge in [-0.05, 0) is 30.9 Å². The molecule has 0 fully saturated rings. The molecule has 0 bridgehead atoms. The predicted octanol–water partition coefficient (Wildman–Crippen LogP) is 3.23. The summed E-state index contributed by atoms with van der Waals surface area (Å²) in [4.78, 5) is 0. The summed E-state index contributed by atoms with van der Waals surface area (Å²) in [5.74, 6) is 0. The maximum Gasteiger partial charge on any atom is 0.430 e. The van der Waals surface area contributed by atoms with Crippen molar-refractivity contribution < 1.29 is 36.6 Å². The average molecular weight is 316 g/mol. The zero-order valence-electron chi connectivity index (χ0n) is 11.0. The van der Waals surface area contributed by atoms with Crippen molar-refractivity contribution in [1.82, 2.24) is 0 Å². The minimum absolute atomic E-state index is 0.143. The fourth-order valence-electron chi connectivity index (χ4n) is 1.96.